The van der Waals surface area contributed by atoms with E-state index in [4.69, 9.17) is 20.8 Å². The summed E-state index contributed by atoms with van der Waals surface area (Å²) in [4.78, 5) is 22.8. The van der Waals surface area contributed by atoms with E-state index < -0.39 is 11.7 Å². The average molecular weight is 268 g/mol. The maximum Gasteiger partial charge on any atom is 0.422 e. The molecule has 0 aliphatic heterocycles. The molecule has 0 fully saturated rings. The van der Waals surface area contributed by atoms with Crippen LogP contribution < -0.4 is 5.76 Å². The first-order chi connectivity index (χ1) is 8.49. The van der Waals surface area contributed by atoms with Crippen molar-refractivity contribution in [3.05, 3.63) is 45.9 Å². The first-order valence-electron chi connectivity index (χ1n) is 5.10. The van der Waals surface area contributed by atoms with Crippen molar-refractivity contribution in [3.63, 3.8) is 0 Å². The SMILES string of the molecule is C=C(C)C(=O)OCn1c(=O)oc2cc(Cl)ccc21. The Morgan fingerprint density at radius 2 is 2.28 bits per heavy atom. The molecule has 0 aliphatic rings. The maximum absolute atomic E-state index is 11.6. The third-order valence-electron chi connectivity index (χ3n) is 2.30. The van der Waals surface area contributed by atoms with Gasteiger partial charge in [0, 0.05) is 16.7 Å². The number of ether oxygens (including phenoxy) is 1. The van der Waals surface area contributed by atoms with Crippen LogP contribution in [0, 0.1) is 0 Å². The number of halogens is 1. The molecule has 0 saturated carbocycles. The van der Waals surface area contributed by atoms with Crippen molar-refractivity contribution >= 4 is 28.7 Å². The number of aromatic nitrogens is 1. The van der Waals surface area contributed by atoms with Gasteiger partial charge in [0.05, 0.1) is 5.52 Å². The summed E-state index contributed by atoms with van der Waals surface area (Å²) in [6, 6.07) is 4.77. The molecule has 1 heterocycles. The molecule has 0 unspecified atom stereocenters. The Kier molecular flexibility index (Phi) is 3.25. The predicted molar refractivity (Wildman–Crippen MR) is 66.4 cm³/mol. The maximum atomic E-state index is 11.6. The molecule has 1 aromatic carbocycles. The Balaban J connectivity index is 2.33. The number of esters is 1. The number of benzene rings is 1. The topological polar surface area (TPSA) is 61.4 Å². The lowest BCUT2D eigenvalue weighted by Crippen LogP contribution is -2.18. The van der Waals surface area contributed by atoms with E-state index in [9.17, 15) is 9.59 Å². The van der Waals surface area contributed by atoms with Crippen molar-refractivity contribution in [2.75, 3.05) is 0 Å². The Morgan fingerprint density at radius 3 is 2.94 bits per heavy atom. The van der Waals surface area contributed by atoms with Crippen LogP contribution in [0.1, 0.15) is 6.92 Å². The van der Waals surface area contributed by atoms with Crippen LogP contribution in [-0.2, 0) is 16.3 Å². The zero-order valence-electron chi connectivity index (χ0n) is 9.60. The minimum atomic E-state index is -0.609. The van der Waals surface area contributed by atoms with Gasteiger partial charge in [-0.3, -0.25) is 0 Å². The Labute approximate surface area is 107 Å². The number of hydrogen-bond acceptors (Lipinski definition) is 4. The van der Waals surface area contributed by atoms with Crippen LogP contribution in [0.25, 0.3) is 11.1 Å². The summed E-state index contributed by atoms with van der Waals surface area (Å²) in [5, 5.41) is 0.460. The summed E-state index contributed by atoms with van der Waals surface area (Å²) in [7, 11) is 0. The molecule has 0 saturated heterocycles. The fourth-order valence-corrected chi connectivity index (χ4v) is 1.57. The monoisotopic (exact) mass is 267 g/mol. The second-order valence-electron chi connectivity index (χ2n) is 3.75. The quantitative estimate of drug-likeness (QED) is 0.632. The zero-order valence-corrected chi connectivity index (χ0v) is 10.4. The predicted octanol–water partition coefficient (Wildman–Crippen LogP) is 2.32. The number of oxazole rings is 1. The molecular weight excluding hydrogens is 258 g/mol. The molecular formula is C12H10ClNO4. The summed E-state index contributed by atoms with van der Waals surface area (Å²) in [6.45, 7) is 4.75. The molecule has 0 amide bonds. The zero-order chi connectivity index (χ0) is 13.3. The van der Waals surface area contributed by atoms with Crippen molar-refractivity contribution in [2.45, 2.75) is 13.7 Å². The summed E-state index contributed by atoms with van der Waals surface area (Å²) in [6.07, 6.45) is 0. The first-order valence-corrected chi connectivity index (χ1v) is 5.48. The second-order valence-corrected chi connectivity index (χ2v) is 4.19. The highest BCUT2D eigenvalue weighted by molar-refractivity contribution is 6.31. The van der Waals surface area contributed by atoms with Gasteiger partial charge >= 0.3 is 11.7 Å². The Bertz CT molecular complexity index is 683. The molecule has 0 spiro atoms. The molecule has 1 aromatic heterocycles. The molecule has 0 radical (unpaired) electrons. The van der Waals surface area contributed by atoms with Gasteiger partial charge in [0.1, 0.15) is 0 Å². The smallest absolute Gasteiger partial charge is 0.422 e. The van der Waals surface area contributed by atoms with E-state index in [-0.39, 0.29) is 12.3 Å². The third-order valence-corrected chi connectivity index (χ3v) is 2.54. The van der Waals surface area contributed by atoms with Gasteiger partial charge in [0.15, 0.2) is 12.3 Å². The summed E-state index contributed by atoms with van der Waals surface area (Å²) in [5.41, 5.74) is 1.12. The van der Waals surface area contributed by atoms with Crippen molar-refractivity contribution < 1.29 is 13.9 Å². The van der Waals surface area contributed by atoms with Crippen LogP contribution in [-0.4, -0.2) is 10.5 Å². The van der Waals surface area contributed by atoms with E-state index in [0.717, 1.165) is 0 Å². The van der Waals surface area contributed by atoms with Crippen LogP contribution >= 0.6 is 11.6 Å². The number of nitrogens with zero attached hydrogens (tertiary/aromatic N) is 1. The normalized spacial score (nSPS) is 10.6. The highest BCUT2D eigenvalue weighted by atomic mass is 35.5. The van der Waals surface area contributed by atoms with Gasteiger partial charge in [-0.1, -0.05) is 18.2 Å². The van der Waals surface area contributed by atoms with Gasteiger partial charge in [-0.25, -0.2) is 14.2 Å². The minimum Gasteiger partial charge on any atom is -0.440 e. The highest BCUT2D eigenvalue weighted by Gasteiger charge is 2.11. The van der Waals surface area contributed by atoms with Crippen LogP contribution in [0.15, 0.2) is 39.6 Å². The molecule has 94 valence electrons. The third kappa shape index (κ3) is 2.31. The average Bonchev–Trinajstić information content (AvgIpc) is 2.60. The molecule has 0 aliphatic carbocycles. The molecule has 5 nitrogen and oxygen atoms in total. The van der Waals surface area contributed by atoms with Gasteiger partial charge in [-0.15, -0.1) is 0 Å². The van der Waals surface area contributed by atoms with E-state index in [0.29, 0.717) is 16.1 Å². The molecule has 0 N–H and O–H groups in total. The van der Waals surface area contributed by atoms with Gasteiger partial charge in [-0.05, 0) is 19.1 Å². The van der Waals surface area contributed by atoms with E-state index >= 15 is 0 Å². The molecule has 6 heteroatoms. The van der Waals surface area contributed by atoms with E-state index in [1.165, 1.54) is 17.6 Å². The molecule has 2 aromatic rings. The van der Waals surface area contributed by atoms with Gasteiger partial charge in [-0.2, -0.15) is 0 Å². The van der Waals surface area contributed by atoms with Crippen LogP contribution in [0.4, 0.5) is 0 Å². The van der Waals surface area contributed by atoms with Gasteiger partial charge in [0.25, 0.3) is 0 Å². The standard InChI is InChI=1S/C12H10ClNO4/c1-7(2)11(15)17-6-14-9-4-3-8(13)5-10(9)18-12(14)16/h3-5H,1,6H2,2H3. The second kappa shape index (κ2) is 4.70. The molecule has 0 bridgehead atoms. The number of carbonyl (C=O) groups excluding carboxylic acids is 1. The van der Waals surface area contributed by atoms with Crippen molar-refractivity contribution in [1.82, 2.24) is 4.57 Å². The van der Waals surface area contributed by atoms with Crippen molar-refractivity contribution in [3.8, 4) is 0 Å². The molecule has 18 heavy (non-hydrogen) atoms. The van der Waals surface area contributed by atoms with E-state index in [2.05, 4.69) is 6.58 Å². The lowest BCUT2D eigenvalue weighted by molar-refractivity contribution is -0.142. The lowest BCUT2D eigenvalue weighted by atomic mass is 10.3. The summed E-state index contributed by atoms with van der Waals surface area (Å²) < 4.78 is 11.1. The minimum absolute atomic E-state index is 0.223. The Morgan fingerprint density at radius 1 is 1.56 bits per heavy atom. The van der Waals surface area contributed by atoms with Crippen LogP contribution in [0.3, 0.4) is 0 Å². The number of hydrogen-bond donors (Lipinski definition) is 0. The first kappa shape index (κ1) is 12.4. The van der Waals surface area contributed by atoms with Crippen molar-refractivity contribution in [2.24, 2.45) is 0 Å². The van der Waals surface area contributed by atoms with E-state index in [1.807, 2.05) is 0 Å². The fourth-order valence-electron chi connectivity index (χ4n) is 1.41. The summed E-state index contributed by atoms with van der Waals surface area (Å²) >= 11 is 5.78. The van der Waals surface area contributed by atoms with Crippen molar-refractivity contribution in [1.29, 1.82) is 0 Å². The largest absolute Gasteiger partial charge is 0.440 e. The van der Waals surface area contributed by atoms with Gasteiger partial charge < -0.3 is 9.15 Å². The highest BCUT2D eigenvalue weighted by Crippen LogP contribution is 2.18. The van der Waals surface area contributed by atoms with Crippen LogP contribution in [0.5, 0.6) is 0 Å². The Hall–Kier alpha value is -2.01. The number of rotatable bonds is 3. The lowest BCUT2D eigenvalue weighted by Gasteiger charge is -2.04. The number of fused-ring (bicyclic) bond motifs is 1. The summed E-state index contributed by atoms with van der Waals surface area (Å²) in [5.74, 6) is -1.17. The van der Waals surface area contributed by atoms with Gasteiger partial charge in [0.2, 0.25) is 0 Å². The van der Waals surface area contributed by atoms with Crippen LogP contribution in [0.2, 0.25) is 5.02 Å². The fraction of sp³-hybridized carbons (Fsp3) is 0.167. The molecule has 0 atom stereocenters. The van der Waals surface area contributed by atoms with E-state index in [1.54, 1.807) is 12.1 Å². The molecule has 2 rings (SSSR count). The number of carbonyl (C=O) groups is 1.